The molecular formula is C20H18ClN5O4. The molecule has 3 rings (SSSR count). The summed E-state index contributed by atoms with van der Waals surface area (Å²) < 4.78 is 6.52. The Morgan fingerprint density at radius 3 is 2.40 bits per heavy atom. The average molecular weight is 428 g/mol. The van der Waals surface area contributed by atoms with Crippen molar-refractivity contribution in [1.29, 1.82) is 0 Å². The highest BCUT2D eigenvalue weighted by molar-refractivity contribution is 6.34. The Bertz CT molecular complexity index is 1120. The van der Waals surface area contributed by atoms with E-state index in [0.29, 0.717) is 17.1 Å². The number of hydrogen-bond donors (Lipinski definition) is 3. The van der Waals surface area contributed by atoms with Crippen LogP contribution in [0.3, 0.4) is 0 Å². The van der Waals surface area contributed by atoms with Gasteiger partial charge in [-0.25, -0.2) is 4.98 Å². The number of halogens is 1. The maximum atomic E-state index is 12.5. The second-order valence-electron chi connectivity index (χ2n) is 6.10. The zero-order chi connectivity index (χ0) is 21.8. The van der Waals surface area contributed by atoms with Gasteiger partial charge in [0.25, 0.3) is 17.7 Å². The van der Waals surface area contributed by atoms with Gasteiger partial charge in [-0.1, -0.05) is 11.6 Å². The second-order valence-corrected chi connectivity index (χ2v) is 6.51. The number of nitrogens with one attached hydrogen (secondary N) is 2. The molecule has 0 bridgehead atoms. The van der Waals surface area contributed by atoms with Gasteiger partial charge in [0.2, 0.25) is 0 Å². The minimum absolute atomic E-state index is 0.0469. The molecule has 0 aliphatic carbocycles. The molecule has 9 nitrogen and oxygen atoms in total. The molecule has 10 heteroatoms. The fourth-order valence-corrected chi connectivity index (χ4v) is 2.98. The third-order valence-electron chi connectivity index (χ3n) is 4.26. The van der Waals surface area contributed by atoms with Crippen LogP contribution in [0.5, 0.6) is 5.75 Å². The third-order valence-corrected chi connectivity index (χ3v) is 4.59. The molecular weight excluding hydrogens is 410 g/mol. The number of hydrogen-bond acceptors (Lipinski definition) is 5. The molecule has 0 saturated heterocycles. The first-order valence-corrected chi connectivity index (χ1v) is 9.08. The number of amides is 3. The molecule has 0 saturated carbocycles. The van der Waals surface area contributed by atoms with E-state index in [2.05, 4.69) is 15.6 Å². The summed E-state index contributed by atoms with van der Waals surface area (Å²) in [5, 5.41) is 5.44. The molecule has 3 amide bonds. The Balaban J connectivity index is 1.86. The molecule has 1 heterocycles. The molecule has 1 aromatic heterocycles. The van der Waals surface area contributed by atoms with E-state index < -0.39 is 17.7 Å². The van der Waals surface area contributed by atoms with Crippen LogP contribution >= 0.6 is 11.6 Å². The number of nitrogens with two attached hydrogens (primary N) is 1. The normalized spacial score (nSPS) is 10.4. The lowest BCUT2D eigenvalue weighted by molar-refractivity contribution is 0.0937. The first-order valence-electron chi connectivity index (χ1n) is 8.70. The summed E-state index contributed by atoms with van der Waals surface area (Å²) >= 11 is 6.10. The smallest absolute Gasteiger partial charge is 0.272 e. The number of imidazole rings is 1. The van der Waals surface area contributed by atoms with Gasteiger partial charge < -0.3 is 21.1 Å². The minimum atomic E-state index is -0.795. The topological polar surface area (TPSA) is 128 Å². The lowest BCUT2D eigenvalue weighted by Crippen LogP contribution is -2.25. The molecule has 0 fully saturated rings. The molecule has 0 spiro atoms. The van der Waals surface area contributed by atoms with Crippen LogP contribution in [0, 0.1) is 0 Å². The van der Waals surface area contributed by atoms with Gasteiger partial charge in [-0.2, -0.15) is 0 Å². The molecule has 0 aliphatic heterocycles. The lowest BCUT2D eigenvalue weighted by atomic mass is 10.2. The molecule has 154 valence electrons. The van der Waals surface area contributed by atoms with E-state index >= 15 is 0 Å². The molecule has 0 radical (unpaired) electrons. The summed E-state index contributed by atoms with van der Waals surface area (Å²) in [6, 6.07) is 11.3. The Morgan fingerprint density at radius 2 is 1.80 bits per heavy atom. The van der Waals surface area contributed by atoms with Crippen molar-refractivity contribution in [3.8, 4) is 11.4 Å². The molecule has 4 N–H and O–H groups in total. The van der Waals surface area contributed by atoms with Crippen molar-refractivity contribution in [2.45, 2.75) is 0 Å². The zero-order valence-corrected chi connectivity index (χ0v) is 16.9. The van der Waals surface area contributed by atoms with Crippen LogP contribution < -0.4 is 21.1 Å². The third kappa shape index (κ3) is 4.11. The van der Waals surface area contributed by atoms with Gasteiger partial charge in [0, 0.05) is 18.4 Å². The maximum absolute atomic E-state index is 12.5. The van der Waals surface area contributed by atoms with Gasteiger partial charge in [0.05, 0.1) is 17.7 Å². The van der Waals surface area contributed by atoms with Gasteiger partial charge in [-0.15, -0.1) is 0 Å². The highest BCUT2D eigenvalue weighted by atomic mass is 35.5. The maximum Gasteiger partial charge on any atom is 0.272 e. The van der Waals surface area contributed by atoms with Crippen LogP contribution in [0.1, 0.15) is 31.3 Å². The SMILES string of the molecule is CNC(=O)c1ncn(-c2ccc(NC(=O)c3cc(OC)ccc3Cl)cc2)c1C(N)=O. The Kier molecular flexibility index (Phi) is 6.03. The number of carbonyl (C=O) groups is 3. The van der Waals surface area contributed by atoms with E-state index in [4.69, 9.17) is 22.1 Å². The van der Waals surface area contributed by atoms with Crippen molar-refractivity contribution < 1.29 is 19.1 Å². The molecule has 0 aliphatic rings. The monoisotopic (exact) mass is 427 g/mol. The van der Waals surface area contributed by atoms with E-state index in [1.165, 1.54) is 31.1 Å². The number of carbonyl (C=O) groups excluding carboxylic acids is 3. The molecule has 0 unspecified atom stereocenters. The van der Waals surface area contributed by atoms with Crippen molar-refractivity contribution in [3.63, 3.8) is 0 Å². The van der Waals surface area contributed by atoms with E-state index in [-0.39, 0.29) is 22.0 Å². The highest BCUT2D eigenvalue weighted by Crippen LogP contribution is 2.24. The van der Waals surface area contributed by atoms with Gasteiger partial charge in [0.15, 0.2) is 5.69 Å². The predicted molar refractivity (Wildman–Crippen MR) is 111 cm³/mol. The van der Waals surface area contributed by atoms with Crippen molar-refractivity contribution in [2.24, 2.45) is 5.73 Å². The first kappa shape index (κ1) is 20.9. The summed E-state index contributed by atoms with van der Waals surface area (Å²) in [7, 11) is 2.92. The Morgan fingerprint density at radius 1 is 1.10 bits per heavy atom. The van der Waals surface area contributed by atoms with E-state index in [1.807, 2.05) is 0 Å². The van der Waals surface area contributed by atoms with Crippen LogP contribution in [0.25, 0.3) is 5.69 Å². The molecule has 2 aromatic carbocycles. The van der Waals surface area contributed by atoms with Crippen LogP contribution in [-0.4, -0.2) is 41.4 Å². The van der Waals surface area contributed by atoms with Gasteiger partial charge in [-0.3, -0.25) is 19.0 Å². The number of benzene rings is 2. The first-order chi connectivity index (χ1) is 14.3. The molecule has 0 atom stereocenters. The second kappa shape index (κ2) is 8.66. The largest absolute Gasteiger partial charge is 0.497 e. The van der Waals surface area contributed by atoms with Gasteiger partial charge in [0.1, 0.15) is 17.8 Å². The van der Waals surface area contributed by atoms with Crippen molar-refractivity contribution in [1.82, 2.24) is 14.9 Å². The van der Waals surface area contributed by atoms with Crippen molar-refractivity contribution in [3.05, 3.63) is 70.8 Å². The summed E-state index contributed by atoms with van der Waals surface area (Å²) in [5.41, 5.74) is 6.60. The number of aromatic nitrogens is 2. The number of primary amides is 1. The Labute approximate surface area is 176 Å². The van der Waals surface area contributed by atoms with Gasteiger partial charge >= 0.3 is 0 Å². The summed E-state index contributed by atoms with van der Waals surface area (Å²) in [6.45, 7) is 0. The van der Waals surface area contributed by atoms with E-state index in [1.54, 1.807) is 36.4 Å². The standard InChI is InChI=1S/C20H18ClN5O4/c1-23-20(29)16-17(18(22)27)26(10-24-16)12-5-3-11(4-6-12)25-19(28)14-9-13(30-2)7-8-15(14)21/h3-10H,1-2H3,(H2,22,27)(H,23,29)(H,25,28). The number of ether oxygens (including phenoxy) is 1. The van der Waals surface area contributed by atoms with Crippen LogP contribution in [0.15, 0.2) is 48.8 Å². The summed E-state index contributed by atoms with van der Waals surface area (Å²) in [4.78, 5) is 40.3. The van der Waals surface area contributed by atoms with Crippen molar-refractivity contribution in [2.75, 3.05) is 19.5 Å². The number of anilines is 1. The van der Waals surface area contributed by atoms with Crippen LogP contribution in [0.2, 0.25) is 5.02 Å². The molecule has 3 aromatic rings. The average Bonchev–Trinajstić information content (AvgIpc) is 3.19. The Hall–Kier alpha value is -3.85. The zero-order valence-electron chi connectivity index (χ0n) is 16.1. The van der Waals surface area contributed by atoms with E-state index in [0.717, 1.165) is 0 Å². The summed E-state index contributed by atoms with van der Waals surface area (Å²) in [5.74, 6) is -1.22. The van der Waals surface area contributed by atoms with Gasteiger partial charge in [-0.05, 0) is 42.5 Å². The predicted octanol–water partition coefficient (Wildman–Crippen LogP) is 2.25. The fraction of sp³-hybridized carbons (Fsp3) is 0.100. The quantitative estimate of drug-likeness (QED) is 0.555. The minimum Gasteiger partial charge on any atom is -0.497 e. The fourth-order valence-electron chi connectivity index (χ4n) is 2.77. The van der Waals surface area contributed by atoms with Crippen molar-refractivity contribution >= 4 is 35.0 Å². The van der Waals surface area contributed by atoms with E-state index in [9.17, 15) is 14.4 Å². The number of rotatable bonds is 6. The number of nitrogens with zero attached hydrogens (tertiary/aromatic N) is 2. The lowest BCUT2D eigenvalue weighted by Gasteiger charge is -2.10. The van der Waals surface area contributed by atoms with Crippen LogP contribution in [-0.2, 0) is 0 Å². The van der Waals surface area contributed by atoms with Crippen LogP contribution in [0.4, 0.5) is 5.69 Å². The number of methoxy groups -OCH3 is 1. The summed E-state index contributed by atoms with van der Waals surface area (Å²) in [6.07, 6.45) is 1.33. The highest BCUT2D eigenvalue weighted by Gasteiger charge is 2.22. The molecule has 30 heavy (non-hydrogen) atoms.